The van der Waals surface area contributed by atoms with Gasteiger partial charge in [0.05, 0.1) is 16.2 Å². The molecule has 0 unspecified atom stereocenters. The molecule has 86 valence electrons. The highest BCUT2D eigenvalue weighted by Crippen LogP contribution is 2.32. The standard InChI is InChI=1S/C12H15ClN2O/c1-8-4-2-5-9(13)10(8)15-11(16)12(14)6-3-7-12/h2,4-5H,3,6-7,14H2,1H3,(H,15,16). The number of anilines is 1. The Morgan fingerprint density at radius 1 is 1.50 bits per heavy atom. The van der Waals surface area contributed by atoms with E-state index in [1.165, 1.54) is 0 Å². The molecule has 0 aliphatic heterocycles. The van der Waals surface area contributed by atoms with Gasteiger partial charge in [-0.3, -0.25) is 4.79 Å². The first kappa shape index (κ1) is 11.4. The highest BCUT2D eigenvalue weighted by molar-refractivity contribution is 6.34. The minimum Gasteiger partial charge on any atom is -0.323 e. The van der Waals surface area contributed by atoms with Crippen molar-refractivity contribution in [3.05, 3.63) is 28.8 Å². The molecule has 0 atom stereocenters. The van der Waals surface area contributed by atoms with Crippen molar-refractivity contribution in [1.29, 1.82) is 0 Å². The third-order valence-electron chi connectivity index (χ3n) is 3.16. The van der Waals surface area contributed by atoms with E-state index >= 15 is 0 Å². The van der Waals surface area contributed by atoms with Crippen LogP contribution in [0.1, 0.15) is 24.8 Å². The second-order valence-corrected chi connectivity index (χ2v) is 4.80. The maximum absolute atomic E-state index is 11.9. The molecule has 1 aliphatic rings. The zero-order valence-electron chi connectivity index (χ0n) is 9.22. The van der Waals surface area contributed by atoms with Crippen LogP contribution in [0.5, 0.6) is 0 Å². The van der Waals surface area contributed by atoms with Gasteiger partial charge in [-0.25, -0.2) is 0 Å². The average Bonchev–Trinajstić information content (AvgIpc) is 2.20. The number of hydrogen-bond donors (Lipinski definition) is 2. The minimum atomic E-state index is -0.689. The van der Waals surface area contributed by atoms with E-state index < -0.39 is 5.54 Å². The zero-order chi connectivity index (χ0) is 11.8. The van der Waals surface area contributed by atoms with E-state index in [2.05, 4.69) is 5.32 Å². The van der Waals surface area contributed by atoms with Gasteiger partial charge in [-0.2, -0.15) is 0 Å². The van der Waals surface area contributed by atoms with Crippen molar-refractivity contribution >= 4 is 23.2 Å². The van der Waals surface area contributed by atoms with E-state index in [0.717, 1.165) is 24.8 Å². The number of carbonyl (C=O) groups excluding carboxylic acids is 1. The Kier molecular flexibility index (Phi) is 2.91. The van der Waals surface area contributed by atoms with Gasteiger partial charge in [0.2, 0.25) is 5.91 Å². The molecule has 0 aromatic heterocycles. The summed E-state index contributed by atoms with van der Waals surface area (Å²) in [6.45, 7) is 1.91. The Balaban J connectivity index is 2.18. The number of hydrogen-bond acceptors (Lipinski definition) is 2. The Hall–Kier alpha value is -1.06. The molecule has 1 amide bonds. The average molecular weight is 239 g/mol. The zero-order valence-corrected chi connectivity index (χ0v) is 9.97. The number of carbonyl (C=O) groups is 1. The van der Waals surface area contributed by atoms with Gasteiger partial charge in [0, 0.05) is 0 Å². The summed E-state index contributed by atoms with van der Waals surface area (Å²) in [5.41, 5.74) is 6.87. The smallest absolute Gasteiger partial charge is 0.244 e. The Morgan fingerprint density at radius 3 is 2.69 bits per heavy atom. The molecule has 0 radical (unpaired) electrons. The first-order valence-corrected chi connectivity index (χ1v) is 5.76. The normalized spacial score (nSPS) is 17.7. The van der Waals surface area contributed by atoms with E-state index in [-0.39, 0.29) is 5.91 Å². The van der Waals surface area contributed by atoms with Gasteiger partial charge in [-0.1, -0.05) is 23.7 Å². The summed E-state index contributed by atoms with van der Waals surface area (Å²) in [6, 6.07) is 5.52. The molecule has 16 heavy (non-hydrogen) atoms. The van der Waals surface area contributed by atoms with Crippen LogP contribution in [-0.2, 0) is 4.79 Å². The highest BCUT2D eigenvalue weighted by Gasteiger charge is 2.40. The maximum atomic E-state index is 11.9. The molecular formula is C12H15ClN2O. The highest BCUT2D eigenvalue weighted by atomic mass is 35.5. The van der Waals surface area contributed by atoms with Crippen molar-refractivity contribution in [2.75, 3.05) is 5.32 Å². The molecular weight excluding hydrogens is 224 g/mol. The van der Waals surface area contributed by atoms with E-state index in [0.29, 0.717) is 10.7 Å². The molecule has 4 heteroatoms. The summed E-state index contributed by atoms with van der Waals surface area (Å²) >= 11 is 6.03. The predicted molar refractivity (Wildman–Crippen MR) is 65.6 cm³/mol. The largest absolute Gasteiger partial charge is 0.323 e. The van der Waals surface area contributed by atoms with Crippen LogP contribution in [-0.4, -0.2) is 11.4 Å². The summed E-state index contributed by atoms with van der Waals surface area (Å²) in [5.74, 6) is -0.130. The summed E-state index contributed by atoms with van der Waals surface area (Å²) in [5, 5.41) is 3.38. The lowest BCUT2D eigenvalue weighted by molar-refractivity contribution is -0.123. The fourth-order valence-electron chi connectivity index (χ4n) is 1.81. The summed E-state index contributed by atoms with van der Waals surface area (Å²) < 4.78 is 0. The number of aryl methyl sites for hydroxylation is 1. The van der Waals surface area contributed by atoms with Gasteiger partial charge in [-0.15, -0.1) is 0 Å². The second-order valence-electron chi connectivity index (χ2n) is 4.40. The van der Waals surface area contributed by atoms with Crippen LogP contribution < -0.4 is 11.1 Å². The number of benzene rings is 1. The summed E-state index contributed by atoms with van der Waals surface area (Å²) in [6.07, 6.45) is 2.52. The van der Waals surface area contributed by atoms with Gasteiger partial charge < -0.3 is 11.1 Å². The Bertz CT molecular complexity index is 407. The predicted octanol–water partition coefficient (Wildman–Crippen LogP) is 2.47. The van der Waals surface area contributed by atoms with Gasteiger partial charge in [0.15, 0.2) is 0 Å². The molecule has 2 rings (SSSR count). The Labute approximate surface area is 100.0 Å². The van der Waals surface area contributed by atoms with Crippen molar-refractivity contribution in [3.8, 4) is 0 Å². The van der Waals surface area contributed by atoms with Crippen LogP contribution in [0.4, 0.5) is 5.69 Å². The fraction of sp³-hybridized carbons (Fsp3) is 0.417. The molecule has 0 spiro atoms. The van der Waals surface area contributed by atoms with Gasteiger partial charge in [0.25, 0.3) is 0 Å². The Morgan fingerprint density at radius 2 is 2.19 bits per heavy atom. The van der Waals surface area contributed by atoms with Crippen molar-refractivity contribution in [2.45, 2.75) is 31.7 Å². The molecule has 3 N–H and O–H groups in total. The monoisotopic (exact) mass is 238 g/mol. The quantitative estimate of drug-likeness (QED) is 0.832. The molecule has 1 aliphatic carbocycles. The number of amides is 1. The lowest BCUT2D eigenvalue weighted by Gasteiger charge is -2.36. The number of rotatable bonds is 2. The number of para-hydroxylation sites is 1. The van der Waals surface area contributed by atoms with Crippen molar-refractivity contribution in [1.82, 2.24) is 0 Å². The topological polar surface area (TPSA) is 55.1 Å². The first-order chi connectivity index (χ1) is 7.53. The second kappa shape index (κ2) is 4.07. The first-order valence-electron chi connectivity index (χ1n) is 5.38. The van der Waals surface area contributed by atoms with Crippen LogP contribution in [0.25, 0.3) is 0 Å². The minimum absolute atomic E-state index is 0.130. The van der Waals surface area contributed by atoms with E-state index in [1.54, 1.807) is 6.07 Å². The number of nitrogens with one attached hydrogen (secondary N) is 1. The van der Waals surface area contributed by atoms with Crippen molar-refractivity contribution in [3.63, 3.8) is 0 Å². The molecule has 3 nitrogen and oxygen atoms in total. The summed E-state index contributed by atoms with van der Waals surface area (Å²) in [4.78, 5) is 11.9. The van der Waals surface area contributed by atoms with Crippen LogP contribution in [0.15, 0.2) is 18.2 Å². The molecule has 0 saturated heterocycles. The lowest BCUT2D eigenvalue weighted by Crippen LogP contribution is -2.56. The van der Waals surface area contributed by atoms with Crippen LogP contribution in [0.2, 0.25) is 5.02 Å². The SMILES string of the molecule is Cc1cccc(Cl)c1NC(=O)C1(N)CCC1. The molecule has 1 saturated carbocycles. The van der Waals surface area contributed by atoms with E-state index in [4.69, 9.17) is 17.3 Å². The molecule has 1 aromatic carbocycles. The van der Waals surface area contributed by atoms with E-state index in [9.17, 15) is 4.79 Å². The third-order valence-corrected chi connectivity index (χ3v) is 3.47. The third kappa shape index (κ3) is 1.93. The number of halogens is 1. The maximum Gasteiger partial charge on any atom is 0.244 e. The molecule has 1 fully saturated rings. The molecule has 1 aromatic rings. The van der Waals surface area contributed by atoms with Crippen LogP contribution >= 0.6 is 11.6 Å². The lowest BCUT2D eigenvalue weighted by atomic mass is 9.77. The number of nitrogens with two attached hydrogens (primary N) is 1. The van der Waals surface area contributed by atoms with Gasteiger partial charge in [-0.05, 0) is 37.8 Å². The summed E-state index contributed by atoms with van der Waals surface area (Å²) in [7, 11) is 0. The van der Waals surface area contributed by atoms with Crippen molar-refractivity contribution < 1.29 is 4.79 Å². The van der Waals surface area contributed by atoms with Crippen LogP contribution in [0, 0.1) is 6.92 Å². The fourth-order valence-corrected chi connectivity index (χ4v) is 2.08. The van der Waals surface area contributed by atoms with Crippen LogP contribution in [0.3, 0.4) is 0 Å². The van der Waals surface area contributed by atoms with E-state index in [1.807, 2.05) is 19.1 Å². The van der Waals surface area contributed by atoms with Gasteiger partial charge in [0.1, 0.15) is 0 Å². The van der Waals surface area contributed by atoms with Crippen molar-refractivity contribution in [2.24, 2.45) is 5.73 Å². The molecule has 0 heterocycles. The molecule has 0 bridgehead atoms. The van der Waals surface area contributed by atoms with Gasteiger partial charge >= 0.3 is 0 Å².